The Kier molecular flexibility index (Phi) is 3.98. The molecule has 0 aromatic heterocycles. The number of carbonyl (C=O) groups excluding carboxylic acids is 1. The van der Waals surface area contributed by atoms with Crippen LogP contribution < -0.4 is 11.1 Å². The maximum Gasteiger partial charge on any atom is 0.317 e. The van der Waals surface area contributed by atoms with E-state index in [2.05, 4.69) is 5.32 Å². The molecule has 92 valence electrons. The van der Waals surface area contributed by atoms with Crippen LogP contribution >= 0.6 is 0 Å². The highest BCUT2D eigenvalue weighted by Crippen LogP contribution is 2.10. The topological polar surface area (TPSA) is 58.4 Å². The third-order valence-corrected chi connectivity index (χ3v) is 3.09. The van der Waals surface area contributed by atoms with Crippen LogP contribution in [0.2, 0.25) is 0 Å². The maximum absolute atomic E-state index is 11.7. The molecular weight excluding hydrogens is 214 g/mol. The van der Waals surface area contributed by atoms with Crippen molar-refractivity contribution in [1.29, 1.82) is 0 Å². The fraction of sp³-hybridized carbons (Fsp3) is 0.462. The summed E-state index contributed by atoms with van der Waals surface area (Å²) >= 11 is 0. The molecule has 0 bridgehead atoms. The van der Waals surface area contributed by atoms with Crippen molar-refractivity contribution in [1.82, 2.24) is 10.2 Å². The van der Waals surface area contributed by atoms with Crippen molar-refractivity contribution in [2.24, 2.45) is 5.73 Å². The molecule has 2 amide bonds. The van der Waals surface area contributed by atoms with Crippen LogP contribution in [0.1, 0.15) is 24.4 Å². The summed E-state index contributed by atoms with van der Waals surface area (Å²) in [5.74, 6) is 0. The predicted molar refractivity (Wildman–Crippen MR) is 67.6 cm³/mol. The van der Waals surface area contributed by atoms with Crippen LogP contribution in [-0.2, 0) is 0 Å². The van der Waals surface area contributed by atoms with Crippen LogP contribution in [-0.4, -0.2) is 30.6 Å². The smallest absolute Gasteiger partial charge is 0.317 e. The van der Waals surface area contributed by atoms with Gasteiger partial charge in [-0.25, -0.2) is 4.79 Å². The molecule has 1 aliphatic rings. The summed E-state index contributed by atoms with van der Waals surface area (Å²) in [4.78, 5) is 13.6. The lowest BCUT2D eigenvalue weighted by atomic mass is 10.1. The molecule has 4 nitrogen and oxygen atoms in total. The largest absolute Gasteiger partial charge is 0.336 e. The summed E-state index contributed by atoms with van der Waals surface area (Å²) in [6.45, 7) is 2.22. The van der Waals surface area contributed by atoms with Crippen LogP contribution in [0.4, 0.5) is 4.79 Å². The van der Waals surface area contributed by atoms with E-state index in [0.717, 1.165) is 31.5 Å². The number of hydrogen-bond acceptors (Lipinski definition) is 2. The average Bonchev–Trinajstić information content (AvgIpc) is 2.90. The number of benzene rings is 1. The Hall–Kier alpha value is -1.55. The van der Waals surface area contributed by atoms with Gasteiger partial charge in [0.25, 0.3) is 0 Å². The number of rotatable bonds is 3. The van der Waals surface area contributed by atoms with Crippen LogP contribution in [0.25, 0.3) is 0 Å². The van der Waals surface area contributed by atoms with Crippen molar-refractivity contribution in [3.63, 3.8) is 0 Å². The van der Waals surface area contributed by atoms with E-state index >= 15 is 0 Å². The summed E-state index contributed by atoms with van der Waals surface area (Å²) in [6.07, 6.45) is 2.22. The number of carbonyl (C=O) groups is 1. The quantitative estimate of drug-likeness (QED) is 0.831. The molecule has 1 aromatic carbocycles. The van der Waals surface area contributed by atoms with Crippen molar-refractivity contribution in [2.45, 2.75) is 18.9 Å². The molecule has 0 radical (unpaired) electrons. The first-order valence-corrected chi connectivity index (χ1v) is 6.10. The lowest BCUT2D eigenvalue weighted by molar-refractivity contribution is 0.208. The zero-order valence-electron chi connectivity index (χ0n) is 9.93. The molecule has 0 spiro atoms. The fourth-order valence-electron chi connectivity index (χ4n) is 2.05. The van der Waals surface area contributed by atoms with Gasteiger partial charge in [0.1, 0.15) is 0 Å². The van der Waals surface area contributed by atoms with Gasteiger partial charge >= 0.3 is 6.03 Å². The van der Waals surface area contributed by atoms with Crippen LogP contribution in [0.5, 0.6) is 0 Å². The summed E-state index contributed by atoms with van der Waals surface area (Å²) in [7, 11) is 0. The van der Waals surface area contributed by atoms with Crippen molar-refractivity contribution < 1.29 is 4.79 Å². The molecular formula is C13H19N3O. The first-order chi connectivity index (χ1) is 8.27. The van der Waals surface area contributed by atoms with E-state index in [1.807, 2.05) is 35.2 Å². The molecule has 3 N–H and O–H groups in total. The third-order valence-electron chi connectivity index (χ3n) is 3.09. The lowest BCUT2D eigenvalue weighted by Crippen LogP contribution is -2.41. The van der Waals surface area contributed by atoms with E-state index in [1.54, 1.807) is 0 Å². The summed E-state index contributed by atoms with van der Waals surface area (Å²) in [5.41, 5.74) is 7.06. The van der Waals surface area contributed by atoms with Crippen molar-refractivity contribution in [3.05, 3.63) is 35.9 Å². The van der Waals surface area contributed by atoms with Crippen molar-refractivity contribution in [2.75, 3.05) is 19.6 Å². The van der Waals surface area contributed by atoms with E-state index in [4.69, 9.17) is 5.73 Å². The number of amides is 2. The van der Waals surface area contributed by atoms with Gasteiger partial charge in [-0.3, -0.25) is 0 Å². The van der Waals surface area contributed by atoms with Crippen LogP contribution in [0, 0.1) is 0 Å². The summed E-state index contributed by atoms with van der Waals surface area (Å²) in [6, 6.07) is 9.70. The van der Waals surface area contributed by atoms with Gasteiger partial charge in [0, 0.05) is 25.7 Å². The number of urea groups is 1. The van der Waals surface area contributed by atoms with Gasteiger partial charge in [-0.1, -0.05) is 30.3 Å². The molecule has 1 saturated heterocycles. The van der Waals surface area contributed by atoms with Crippen LogP contribution in [0.3, 0.4) is 0 Å². The second-order valence-electron chi connectivity index (χ2n) is 4.40. The summed E-state index contributed by atoms with van der Waals surface area (Å²) < 4.78 is 0. The normalized spacial score (nSPS) is 16.9. The first kappa shape index (κ1) is 11.9. The monoisotopic (exact) mass is 233 g/mol. The maximum atomic E-state index is 11.7. The third kappa shape index (κ3) is 3.20. The number of nitrogens with two attached hydrogens (primary N) is 1. The molecule has 1 aromatic rings. The fourth-order valence-corrected chi connectivity index (χ4v) is 2.05. The van der Waals surface area contributed by atoms with Gasteiger partial charge in [-0.05, 0) is 18.4 Å². The molecule has 17 heavy (non-hydrogen) atoms. The zero-order valence-corrected chi connectivity index (χ0v) is 9.93. The average molecular weight is 233 g/mol. The highest BCUT2D eigenvalue weighted by atomic mass is 16.2. The molecule has 2 rings (SSSR count). The Labute approximate surface area is 102 Å². The van der Waals surface area contributed by atoms with Gasteiger partial charge in [0.05, 0.1) is 0 Å². The van der Waals surface area contributed by atoms with Gasteiger partial charge in [-0.15, -0.1) is 0 Å². The van der Waals surface area contributed by atoms with Crippen molar-refractivity contribution in [3.8, 4) is 0 Å². The van der Waals surface area contributed by atoms with Crippen LogP contribution in [0.15, 0.2) is 30.3 Å². The molecule has 1 heterocycles. The highest BCUT2D eigenvalue weighted by Gasteiger charge is 2.18. The zero-order chi connectivity index (χ0) is 12.1. The molecule has 0 saturated carbocycles. The molecule has 1 fully saturated rings. The number of nitrogens with zero attached hydrogens (tertiary/aromatic N) is 1. The number of nitrogens with one attached hydrogen (secondary N) is 1. The highest BCUT2D eigenvalue weighted by molar-refractivity contribution is 5.74. The number of hydrogen-bond donors (Lipinski definition) is 2. The van der Waals surface area contributed by atoms with Gasteiger partial charge in [-0.2, -0.15) is 0 Å². The Morgan fingerprint density at radius 2 is 1.94 bits per heavy atom. The van der Waals surface area contributed by atoms with E-state index in [0.29, 0.717) is 6.54 Å². The Morgan fingerprint density at radius 3 is 2.59 bits per heavy atom. The standard InChI is InChI=1S/C13H19N3O/c14-12(11-6-2-1-3-7-11)10-15-13(17)16-8-4-5-9-16/h1-3,6-7,12H,4-5,8-10,14H2,(H,15,17). The molecule has 1 unspecified atom stereocenters. The van der Waals surface area contributed by atoms with E-state index in [-0.39, 0.29) is 12.1 Å². The van der Waals surface area contributed by atoms with E-state index in [1.165, 1.54) is 0 Å². The summed E-state index contributed by atoms with van der Waals surface area (Å²) in [5, 5.41) is 2.88. The number of likely N-dealkylation sites (tertiary alicyclic amines) is 1. The molecule has 1 aliphatic heterocycles. The minimum atomic E-state index is -0.136. The van der Waals surface area contributed by atoms with Gasteiger partial charge in [0.2, 0.25) is 0 Å². The van der Waals surface area contributed by atoms with E-state index in [9.17, 15) is 4.79 Å². The Morgan fingerprint density at radius 1 is 1.29 bits per heavy atom. The molecule has 1 atom stereocenters. The van der Waals surface area contributed by atoms with Crippen molar-refractivity contribution >= 4 is 6.03 Å². The van der Waals surface area contributed by atoms with Gasteiger partial charge in [0.15, 0.2) is 0 Å². The second-order valence-corrected chi connectivity index (χ2v) is 4.40. The Balaban J connectivity index is 1.80. The SMILES string of the molecule is NC(CNC(=O)N1CCCC1)c1ccccc1. The van der Waals surface area contributed by atoms with E-state index < -0.39 is 0 Å². The predicted octanol–water partition coefficient (Wildman–Crippen LogP) is 1.49. The minimum Gasteiger partial charge on any atom is -0.336 e. The molecule has 4 heteroatoms. The Bertz CT molecular complexity index is 360. The minimum absolute atomic E-state index is 0.00822. The molecule has 0 aliphatic carbocycles. The second kappa shape index (κ2) is 5.68. The lowest BCUT2D eigenvalue weighted by Gasteiger charge is -2.18. The van der Waals surface area contributed by atoms with Gasteiger partial charge < -0.3 is 16.0 Å². The first-order valence-electron chi connectivity index (χ1n) is 6.10.